The Morgan fingerprint density at radius 2 is 1.92 bits per heavy atom. The summed E-state index contributed by atoms with van der Waals surface area (Å²) < 4.78 is 4.95. The number of amides is 1. The fourth-order valence-corrected chi connectivity index (χ4v) is 3.07. The molecule has 25 heavy (non-hydrogen) atoms. The van der Waals surface area contributed by atoms with Crippen LogP contribution in [-0.2, 0) is 14.3 Å². The van der Waals surface area contributed by atoms with Crippen LogP contribution in [0.1, 0.15) is 24.0 Å². The Bertz CT molecular complexity index is 889. The monoisotopic (exact) mass is 337 g/mol. The van der Waals surface area contributed by atoms with Gasteiger partial charge in [0.15, 0.2) is 0 Å². The molecule has 3 rings (SSSR count). The highest BCUT2D eigenvalue weighted by Gasteiger charge is 2.34. The van der Waals surface area contributed by atoms with E-state index in [9.17, 15) is 9.59 Å². The lowest BCUT2D eigenvalue weighted by Gasteiger charge is -2.26. The van der Waals surface area contributed by atoms with E-state index in [2.05, 4.69) is 15.3 Å². The van der Waals surface area contributed by atoms with Crippen LogP contribution in [0.15, 0.2) is 54.9 Å². The van der Waals surface area contributed by atoms with Gasteiger partial charge in [0.25, 0.3) is 0 Å². The van der Waals surface area contributed by atoms with Crippen LogP contribution in [-0.4, -0.2) is 35.0 Å². The quantitative estimate of drug-likeness (QED) is 0.700. The second-order valence-corrected chi connectivity index (χ2v) is 5.73. The number of carbonyl (C=O) groups excluding carboxylic acids is 2. The van der Waals surface area contributed by atoms with Crippen molar-refractivity contribution in [2.45, 2.75) is 18.9 Å². The van der Waals surface area contributed by atoms with E-state index in [1.807, 2.05) is 48.7 Å². The molecule has 0 saturated carbocycles. The van der Waals surface area contributed by atoms with Gasteiger partial charge in [-0.2, -0.15) is 0 Å². The van der Waals surface area contributed by atoms with Crippen LogP contribution in [0, 0.1) is 0 Å². The van der Waals surface area contributed by atoms with Gasteiger partial charge in [0.1, 0.15) is 11.7 Å². The molecule has 0 aliphatic rings. The first-order valence-electron chi connectivity index (χ1n) is 7.93. The number of nitrogens with zero attached hydrogens (tertiary/aromatic N) is 1. The van der Waals surface area contributed by atoms with Gasteiger partial charge >= 0.3 is 5.97 Å². The molecule has 0 saturated heterocycles. The minimum atomic E-state index is -0.843. The van der Waals surface area contributed by atoms with E-state index >= 15 is 0 Å². The van der Waals surface area contributed by atoms with Gasteiger partial charge in [0.2, 0.25) is 5.91 Å². The van der Waals surface area contributed by atoms with Gasteiger partial charge in [-0.05, 0) is 23.3 Å². The first-order valence-corrected chi connectivity index (χ1v) is 7.93. The van der Waals surface area contributed by atoms with Crippen LogP contribution in [0.2, 0.25) is 0 Å². The molecule has 2 aromatic heterocycles. The molecule has 0 aliphatic carbocycles. The van der Waals surface area contributed by atoms with Crippen LogP contribution >= 0.6 is 0 Å². The number of carbonyl (C=O) groups is 2. The molecule has 0 unspecified atom stereocenters. The second-order valence-electron chi connectivity index (χ2n) is 5.73. The van der Waals surface area contributed by atoms with Gasteiger partial charge < -0.3 is 15.0 Å². The van der Waals surface area contributed by atoms with Crippen LogP contribution < -0.4 is 5.32 Å². The van der Waals surface area contributed by atoms with Crippen molar-refractivity contribution in [3.8, 4) is 0 Å². The lowest BCUT2D eigenvalue weighted by Crippen LogP contribution is -2.45. The van der Waals surface area contributed by atoms with Gasteiger partial charge in [-0.15, -0.1) is 0 Å². The maximum absolute atomic E-state index is 12.4. The molecule has 0 bridgehead atoms. The summed E-state index contributed by atoms with van der Waals surface area (Å²) in [4.78, 5) is 31.6. The van der Waals surface area contributed by atoms with Crippen molar-refractivity contribution < 1.29 is 14.3 Å². The van der Waals surface area contributed by atoms with E-state index in [1.165, 1.54) is 14.0 Å². The molecule has 3 aromatic rings. The molecule has 6 heteroatoms. The van der Waals surface area contributed by atoms with E-state index < -0.39 is 17.9 Å². The number of ether oxygens (including phenoxy) is 1. The number of hydrogen-bond acceptors (Lipinski definition) is 4. The Labute approximate surface area is 145 Å². The Hall–Kier alpha value is -3.15. The van der Waals surface area contributed by atoms with E-state index in [0.717, 1.165) is 22.2 Å². The second kappa shape index (κ2) is 7.17. The Morgan fingerprint density at radius 1 is 1.16 bits per heavy atom. The molecule has 0 aliphatic heterocycles. The molecule has 2 heterocycles. The highest BCUT2D eigenvalue weighted by atomic mass is 16.5. The molecule has 0 radical (unpaired) electrons. The average molecular weight is 337 g/mol. The summed E-state index contributed by atoms with van der Waals surface area (Å²) in [5, 5.41) is 3.63. The zero-order valence-electron chi connectivity index (χ0n) is 14.0. The standard InChI is InChI=1S/C19H19N3O3/c1-12(23)22-17(19(24)25-2)16(13-7-4-3-5-8-13)15-11-21-18-14(15)9-6-10-20-18/h3-11,16-17H,1-2H3,(H,20,21)(H,22,23)/t16-,17-/m0/s1. The molecule has 0 fully saturated rings. The van der Waals surface area contributed by atoms with Crippen molar-refractivity contribution >= 4 is 22.9 Å². The first kappa shape index (κ1) is 16.7. The Kier molecular flexibility index (Phi) is 4.79. The van der Waals surface area contributed by atoms with Crippen LogP contribution in [0.4, 0.5) is 0 Å². The van der Waals surface area contributed by atoms with E-state index in [-0.39, 0.29) is 5.91 Å². The minimum absolute atomic E-state index is 0.297. The summed E-state index contributed by atoms with van der Waals surface area (Å²) in [5.74, 6) is -1.20. The number of methoxy groups -OCH3 is 1. The number of pyridine rings is 1. The predicted molar refractivity (Wildman–Crippen MR) is 94.0 cm³/mol. The van der Waals surface area contributed by atoms with Gasteiger partial charge in [-0.3, -0.25) is 4.79 Å². The van der Waals surface area contributed by atoms with Crippen molar-refractivity contribution in [3.63, 3.8) is 0 Å². The fraction of sp³-hybridized carbons (Fsp3) is 0.211. The average Bonchev–Trinajstić information content (AvgIpc) is 3.05. The summed E-state index contributed by atoms with van der Waals surface area (Å²) in [5.41, 5.74) is 2.50. The van der Waals surface area contributed by atoms with Gasteiger partial charge in [-0.1, -0.05) is 30.3 Å². The molecule has 6 nitrogen and oxygen atoms in total. The van der Waals surface area contributed by atoms with Crippen LogP contribution in [0.3, 0.4) is 0 Å². The van der Waals surface area contributed by atoms with E-state index in [1.54, 1.807) is 6.20 Å². The summed E-state index contributed by atoms with van der Waals surface area (Å²) in [6.07, 6.45) is 3.53. The molecule has 0 spiro atoms. The third-order valence-electron chi connectivity index (χ3n) is 4.12. The number of esters is 1. The van der Waals surface area contributed by atoms with Gasteiger partial charge in [0.05, 0.1) is 7.11 Å². The van der Waals surface area contributed by atoms with Gasteiger partial charge in [-0.25, -0.2) is 9.78 Å². The van der Waals surface area contributed by atoms with Crippen molar-refractivity contribution in [3.05, 3.63) is 66.0 Å². The Balaban J connectivity index is 2.18. The predicted octanol–water partition coefficient (Wildman–Crippen LogP) is 2.37. The maximum Gasteiger partial charge on any atom is 0.329 e. The molecular weight excluding hydrogens is 318 g/mol. The summed E-state index contributed by atoms with van der Waals surface area (Å²) >= 11 is 0. The van der Waals surface area contributed by atoms with Crippen molar-refractivity contribution in [1.29, 1.82) is 0 Å². The number of rotatable bonds is 5. The number of hydrogen-bond donors (Lipinski definition) is 2. The zero-order valence-corrected chi connectivity index (χ0v) is 14.0. The number of nitrogens with one attached hydrogen (secondary N) is 2. The summed E-state index contributed by atoms with van der Waals surface area (Å²) in [6, 6.07) is 12.5. The normalized spacial score (nSPS) is 13.2. The molecule has 1 aromatic carbocycles. The van der Waals surface area contributed by atoms with Crippen LogP contribution in [0.25, 0.3) is 11.0 Å². The van der Waals surface area contributed by atoms with Crippen molar-refractivity contribution in [1.82, 2.24) is 15.3 Å². The molecule has 2 N–H and O–H groups in total. The topological polar surface area (TPSA) is 84.1 Å². The largest absolute Gasteiger partial charge is 0.467 e. The van der Waals surface area contributed by atoms with Crippen molar-refractivity contribution in [2.75, 3.05) is 7.11 Å². The lowest BCUT2D eigenvalue weighted by molar-refractivity contribution is -0.145. The number of aromatic amines is 1. The zero-order chi connectivity index (χ0) is 17.8. The molecule has 128 valence electrons. The number of H-pyrrole nitrogens is 1. The fourth-order valence-electron chi connectivity index (χ4n) is 3.07. The van der Waals surface area contributed by atoms with E-state index in [0.29, 0.717) is 0 Å². The van der Waals surface area contributed by atoms with Gasteiger partial charge in [0, 0.05) is 30.6 Å². The number of aromatic nitrogens is 2. The van der Waals surface area contributed by atoms with E-state index in [4.69, 9.17) is 4.74 Å². The van der Waals surface area contributed by atoms with Crippen LogP contribution in [0.5, 0.6) is 0 Å². The lowest BCUT2D eigenvalue weighted by atomic mass is 9.85. The number of fused-ring (bicyclic) bond motifs is 1. The maximum atomic E-state index is 12.4. The minimum Gasteiger partial charge on any atom is -0.467 e. The third kappa shape index (κ3) is 3.38. The third-order valence-corrected chi connectivity index (χ3v) is 4.12. The number of benzene rings is 1. The Morgan fingerprint density at radius 3 is 2.60 bits per heavy atom. The molecule has 1 amide bonds. The SMILES string of the molecule is COC(=O)[C@@H](NC(C)=O)[C@@H](c1ccccc1)c1c[nH]c2ncccc12. The smallest absolute Gasteiger partial charge is 0.329 e. The summed E-state index contributed by atoms with van der Waals surface area (Å²) in [7, 11) is 1.32. The molecular formula is C19H19N3O3. The molecule has 2 atom stereocenters. The first-order chi connectivity index (χ1) is 12.1. The summed E-state index contributed by atoms with van der Waals surface area (Å²) in [6.45, 7) is 1.38. The highest BCUT2D eigenvalue weighted by Crippen LogP contribution is 2.33. The highest BCUT2D eigenvalue weighted by molar-refractivity contribution is 5.87. The van der Waals surface area contributed by atoms with Crippen molar-refractivity contribution in [2.24, 2.45) is 0 Å².